The molecule has 0 bridgehead atoms. The molecule has 5 nitrogen and oxygen atoms in total. The zero-order valence-electron chi connectivity index (χ0n) is 11.9. The normalized spacial score (nSPS) is 23.9. The second-order valence-corrected chi connectivity index (χ2v) is 5.53. The Bertz CT molecular complexity index is 544. The maximum absolute atomic E-state index is 5.76. The summed E-state index contributed by atoms with van der Waals surface area (Å²) in [6.45, 7) is 7.13. The first-order chi connectivity index (χ1) is 9.70. The van der Waals surface area contributed by atoms with Crippen LogP contribution in [0.5, 0.6) is 0 Å². The summed E-state index contributed by atoms with van der Waals surface area (Å²) < 4.78 is 5.76. The highest BCUT2D eigenvalue weighted by Crippen LogP contribution is 2.18. The van der Waals surface area contributed by atoms with Gasteiger partial charge in [-0.25, -0.2) is 0 Å². The molecule has 2 unspecified atom stereocenters. The molecule has 1 aliphatic rings. The van der Waals surface area contributed by atoms with Crippen LogP contribution in [0.2, 0.25) is 0 Å². The molecular formula is C15H20N4O. The average molecular weight is 272 g/mol. The summed E-state index contributed by atoms with van der Waals surface area (Å²) in [6, 6.07) is 10.9. The minimum Gasteiger partial charge on any atom is -0.419 e. The van der Waals surface area contributed by atoms with Crippen LogP contribution in [0.25, 0.3) is 11.5 Å². The smallest absolute Gasteiger partial charge is 0.247 e. The van der Waals surface area contributed by atoms with Crippen molar-refractivity contribution in [1.82, 2.24) is 20.4 Å². The third kappa shape index (κ3) is 3.05. The highest BCUT2D eigenvalue weighted by atomic mass is 16.4. The van der Waals surface area contributed by atoms with Crippen LogP contribution in [-0.4, -0.2) is 40.3 Å². The number of nitrogens with zero attached hydrogens (tertiary/aromatic N) is 3. The van der Waals surface area contributed by atoms with Crippen molar-refractivity contribution in [2.24, 2.45) is 0 Å². The van der Waals surface area contributed by atoms with Gasteiger partial charge in [0.05, 0.1) is 6.54 Å². The molecule has 0 spiro atoms. The van der Waals surface area contributed by atoms with Gasteiger partial charge in [-0.3, -0.25) is 4.90 Å². The summed E-state index contributed by atoms with van der Waals surface area (Å²) in [5, 5.41) is 11.8. The van der Waals surface area contributed by atoms with Gasteiger partial charge in [-0.2, -0.15) is 0 Å². The standard InChI is InChI=1S/C15H20N4O/c1-11-8-19(9-12(2)16-11)10-14-17-18-15(20-14)13-6-4-3-5-7-13/h3-7,11-12,16H,8-10H2,1-2H3. The van der Waals surface area contributed by atoms with E-state index in [0.717, 1.165) is 25.2 Å². The number of benzene rings is 1. The number of hydrogen-bond acceptors (Lipinski definition) is 5. The molecule has 0 aliphatic carbocycles. The van der Waals surface area contributed by atoms with Gasteiger partial charge in [-0.1, -0.05) is 18.2 Å². The van der Waals surface area contributed by atoms with E-state index in [0.29, 0.717) is 23.9 Å². The summed E-state index contributed by atoms with van der Waals surface area (Å²) in [5.74, 6) is 1.28. The third-order valence-electron chi connectivity index (χ3n) is 3.48. The van der Waals surface area contributed by atoms with Crippen molar-refractivity contribution in [3.8, 4) is 11.5 Å². The molecule has 0 amide bonds. The van der Waals surface area contributed by atoms with Crippen LogP contribution >= 0.6 is 0 Å². The lowest BCUT2D eigenvalue weighted by molar-refractivity contribution is 0.154. The largest absolute Gasteiger partial charge is 0.419 e. The van der Waals surface area contributed by atoms with Gasteiger partial charge < -0.3 is 9.73 Å². The van der Waals surface area contributed by atoms with Gasteiger partial charge in [-0.05, 0) is 26.0 Å². The van der Waals surface area contributed by atoms with E-state index >= 15 is 0 Å². The SMILES string of the molecule is CC1CN(Cc2nnc(-c3ccccc3)o2)CC(C)N1. The molecular weight excluding hydrogens is 252 g/mol. The molecule has 1 aliphatic heterocycles. The Kier molecular flexibility index (Phi) is 3.80. The molecule has 2 atom stereocenters. The van der Waals surface area contributed by atoms with Crippen LogP contribution in [0.15, 0.2) is 34.7 Å². The van der Waals surface area contributed by atoms with Crippen LogP contribution in [0.3, 0.4) is 0 Å². The second kappa shape index (κ2) is 5.73. The first-order valence-electron chi connectivity index (χ1n) is 7.07. The summed E-state index contributed by atoms with van der Waals surface area (Å²) in [7, 11) is 0. The van der Waals surface area contributed by atoms with Gasteiger partial charge in [-0.15, -0.1) is 10.2 Å². The quantitative estimate of drug-likeness (QED) is 0.925. The molecule has 5 heteroatoms. The second-order valence-electron chi connectivity index (χ2n) is 5.53. The van der Waals surface area contributed by atoms with Gasteiger partial charge in [0.1, 0.15) is 0 Å². The summed E-state index contributed by atoms with van der Waals surface area (Å²) in [5.41, 5.74) is 0.966. The van der Waals surface area contributed by atoms with Crippen molar-refractivity contribution in [3.63, 3.8) is 0 Å². The number of rotatable bonds is 3. The fourth-order valence-corrected chi connectivity index (χ4v) is 2.78. The zero-order chi connectivity index (χ0) is 13.9. The van der Waals surface area contributed by atoms with Gasteiger partial charge in [0.2, 0.25) is 11.8 Å². The summed E-state index contributed by atoms with van der Waals surface area (Å²) in [4.78, 5) is 2.36. The average Bonchev–Trinajstić information content (AvgIpc) is 2.87. The molecule has 0 saturated carbocycles. The van der Waals surface area contributed by atoms with E-state index in [-0.39, 0.29) is 0 Å². The molecule has 20 heavy (non-hydrogen) atoms. The molecule has 1 saturated heterocycles. The molecule has 1 N–H and O–H groups in total. The number of nitrogens with one attached hydrogen (secondary N) is 1. The highest BCUT2D eigenvalue weighted by Gasteiger charge is 2.22. The predicted octanol–water partition coefficient (Wildman–Crippen LogP) is 1.92. The maximum Gasteiger partial charge on any atom is 0.247 e. The van der Waals surface area contributed by atoms with E-state index in [4.69, 9.17) is 4.42 Å². The summed E-state index contributed by atoms with van der Waals surface area (Å²) in [6.07, 6.45) is 0. The Balaban J connectivity index is 1.68. The first kappa shape index (κ1) is 13.3. The zero-order valence-corrected chi connectivity index (χ0v) is 11.9. The van der Waals surface area contributed by atoms with Crippen molar-refractivity contribution < 1.29 is 4.42 Å². The molecule has 0 radical (unpaired) electrons. The van der Waals surface area contributed by atoms with Crippen LogP contribution in [0, 0.1) is 0 Å². The lowest BCUT2D eigenvalue weighted by atomic mass is 10.1. The lowest BCUT2D eigenvalue weighted by Crippen LogP contribution is -2.53. The molecule has 1 aromatic heterocycles. The van der Waals surface area contributed by atoms with E-state index < -0.39 is 0 Å². The molecule has 3 rings (SSSR count). The maximum atomic E-state index is 5.76. The molecule has 2 heterocycles. The lowest BCUT2D eigenvalue weighted by Gasteiger charge is -2.35. The summed E-state index contributed by atoms with van der Waals surface area (Å²) >= 11 is 0. The van der Waals surface area contributed by atoms with Crippen LogP contribution < -0.4 is 5.32 Å². The van der Waals surface area contributed by atoms with Crippen molar-refractivity contribution in [2.75, 3.05) is 13.1 Å². The Labute approximate surface area is 119 Å². The minimum atomic E-state index is 0.496. The molecule has 2 aromatic rings. The van der Waals surface area contributed by atoms with Crippen LogP contribution in [-0.2, 0) is 6.54 Å². The Morgan fingerprint density at radius 2 is 1.85 bits per heavy atom. The fraction of sp³-hybridized carbons (Fsp3) is 0.467. The first-order valence-corrected chi connectivity index (χ1v) is 7.07. The number of piperazine rings is 1. The number of hydrogen-bond donors (Lipinski definition) is 1. The van der Waals surface area contributed by atoms with Crippen LogP contribution in [0.1, 0.15) is 19.7 Å². The fourth-order valence-electron chi connectivity index (χ4n) is 2.78. The van der Waals surface area contributed by atoms with Crippen molar-refractivity contribution in [3.05, 3.63) is 36.2 Å². The van der Waals surface area contributed by atoms with E-state index in [2.05, 4.69) is 34.3 Å². The molecule has 1 aromatic carbocycles. The van der Waals surface area contributed by atoms with Gasteiger partial charge in [0.25, 0.3) is 0 Å². The van der Waals surface area contributed by atoms with E-state index in [9.17, 15) is 0 Å². The Morgan fingerprint density at radius 3 is 2.55 bits per heavy atom. The van der Waals surface area contributed by atoms with E-state index in [1.165, 1.54) is 0 Å². The van der Waals surface area contributed by atoms with Crippen molar-refractivity contribution in [2.45, 2.75) is 32.5 Å². The van der Waals surface area contributed by atoms with Gasteiger partial charge in [0, 0.05) is 30.7 Å². The molecule has 106 valence electrons. The van der Waals surface area contributed by atoms with Crippen molar-refractivity contribution >= 4 is 0 Å². The van der Waals surface area contributed by atoms with Crippen LogP contribution in [0.4, 0.5) is 0 Å². The minimum absolute atomic E-state index is 0.496. The van der Waals surface area contributed by atoms with E-state index in [1.54, 1.807) is 0 Å². The molecule has 1 fully saturated rings. The van der Waals surface area contributed by atoms with E-state index in [1.807, 2.05) is 30.3 Å². The highest BCUT2D eigenvalue weighted by molar-refractivity contribution is 5.51. The monoisotopic (exact) mass is 272 g/mol. The third-order valence-corrected chi connectivity index (χ3v) is 3.48. The Hall–Kier alpha value is -1.72. The van der Waals surface area contributed by atoms with Gasteiger partial charge >= 0.3 is 0 Å². The van der Waals surface area contributed by atoms with Crippen molar-refractivity contribution in [1.29, 1.82) is 0 Å². The van der Waals surface area contributed by atoms with Gasteiger partial charge in [0.15, 0.2) is 0 Å². The predicted molar refractivity (Wildman–Crippen MR) is 77.1 cm³/mol. The Morgan fingerprint density at radius 1 is 1.15 bits per heavy atom. The topological polar surface area (TPSA) is 54.2 Å². The number of aromatic nitrogens is 2.